The number of anilines is 1. The number of morpholine rings is 1. The molecule has 2 atom stereocenters. The van der Waals surface area contributed by atoms with Crippen molar-refractivity contribution in [2.75, 3.05) is 18.1 Å². The summed E-state index contributed by atoms with van der Waals surface area (Å²) in [6, 6.07) is 5.79. The Bertz CT molecular complexity index is 440. The van der Waals surface area contributed by atoms with Crippen molar-refractivity contribution in [1.29, 1.82) is 0 Å². The first kappa shape index (κ1) is 12.4. The van der Waals surface area contributed by atoms with E-state index in [1.165, 1.54) is 12.5 Å². The van der Waals surface area contributed by atoms with Crippen molar-refractivity contribution >= 4 is 21.6 Å². The van der Waals surface area contributed by atoms with E-state index in [9.17, 15) is 4.39 Å². The van der Waals surface area contributed by atoms with Crippen molar-refractivity contribution in [3.05, 3.63) is 29.6 Å². The summed E-state index contributed by atoms with van der Waals surface area (Å²) < 4.78 is 19.7. The molecular weight excluding hydrogens is 297 g/mol. The molecule has 0 radical (unpaired) electrons. The summed E-state index contributed by atoms with van der Waals surface area (Å²) in [7, 11) is 0. The maximum atomic E-state index is 13.9. The van der Waals surface area contributed by atoms with Gasteiger partial charge in [0.2, 0.25) is 0 Å². The Morgan fingerprint density at radius 1 is 1.39 bits per heavy atom. The minimum absolute atomic E-state index is 0.120. The number of halogens is 2. The van der Waals surface area contributed by atoms with Gasteiger partial charge < -0.3 is 9.64 Å². The molecule has 1 aromatic carbocycles. The smallest absolute Gasteiger partial charge is 0.129 e. The number of benzene rings is 1. The van der Waals surface area contributed by atoms with E-state index < -0.39 is 0 Å². The SMILES string of the molecule is Fc1cccc(N2CCOC3CCCC32)c1CBr. The molecule has 0 amide bonds. The van der Waals surface area contributed by atoms with Gasteiger partial charge in [0.05, 0.1) is 18.8 Å². The van der Waals surface area contributed by atoms with E-state index in [4.69, 9.17) is 4.74 Å². The average molecular weight is 314 g/mol. The van der Waals surface area contributed by atoms with Crippen LogP contribution in [0.3, 0.4) is 0 Å². The van der Waals surface area contributed by atoms with Gasteiger partial charge in [-0.15, -0.1) is 0 Å². The molecule has 4 heteroatoms. The van der Waals surface area contributed by atoms with Gasteiger partial charge in [-0.05, 0) is 31.4 Å². The third kappa shape index (κ3) is 2.05. The molecule has 0 aromatic heterocycles. The van der Waals surface area contributed by atoms with E-state index in [0.29, 0.717) is 17.5 Å². The quantitative estimate of drug-likeness (QED) is 0.775. The number of hydrogen-bond acceptors (Lipinski definition) is 2. The van der Waals surface area contributed by atoms with Crippen LogP contribution in [0.5, 0.6) is 0 Å². The molecule has 1 aromatic rings. The maximum absolute atomic E-state index is 13.9. The molecule has 1 aliphatic carbocycles. The van der Waals surface area contributed by atoms with E-state index in [2.05, 4.69) is 20.8 Å². The van der Waals surface area contributed by atoms with Gasteiger partial charge in [0.1, 0.15) is 5.82 Å². The van der Waals surface area contributed by atoms with E-state index in [1.807, 2.05) is 6.07 Å². The van der Waals surface area contributed by atoms with E-state index in [-0.39, 0.29) is 5.82 Å². The summed E-state index contributed by atoms with van der Waals surface area (Å²) in [6.07, 6.45) is 3.85. The molecule has 1 heterocycles. The zero-order chi connectivity index (χ0) is 12.5. The minimum atomic E-state index is -0.120. The highest BCUT2D eigenvalue weighted by molar-refractivity contribution is 9.08. The lowest BCUT2D eigenvalue weighted by Gasteiger charge is -2.40. The predicted octanol–water partition coefficient (Wildman–Crippen LogP) is 3.48. The minimum Gasteiger partial charge on any atom is -0.374 e. The first-order valence-corrected chi connectivity index (χ1v) is 7.65. The normalized spacial score (nSPS) is 27.3. The van der Waals surface area contributed by atoms with Gasteiger partial charge in [0, 0.05) is 23.1 Å². The summed E-state index contributed by atoms with van der Waals surface area (Å²) in [5.74, 6) is -0.120. The Labute approximate surface area is 115 Å². The third-order valence-electron chi connectivity index (χ3n) is 4.02. The van der Waals surface area contributed by atoms with Gasteiger partial charge in [-0.3, -0.25) is 0 Å². The van der Waals surface area contributed by atoms with Crippen molar-refractivity contribution < 1.29 is 9.13 Å². The van der Waals surface area contributed by atoms with Gasteiger partial charge in [-0.1, -0.05) is 22.0 Å². The van der Waals surface area contributed by atoms with Crippen molar-refractivity contribution in [2.45, 2.75) is 36.7 Å². The second-order valence-corrected chi connectivity index (χ2v) is 5.53. The third-order valence-corrected chi connectivity index (χ3v) is 4.58. The zero-order valence-corrected chi connectivity index (χ0v) is 11.8. The van der Waals surface area contributed by atoms with E-state index in [1.54, 1.807) is 6.07 Å². The molecule has 3 rings (SSSR count). The van der Waals surface area contributed by atoms with Crippen LogP contribution in [0.2, 0.25) is 0 Å². The van der Waals surface area contributed by atoms with E-state index in [0.717, 1.165) is 37.2 Å². The second kappa shape index (κ2) is 5.17. The fourth-order valence-corrected chi connectivity index (χ4v) is 3.73. The predicted molar refractivity (Wildman–Crippen MR) is 73.8 cm³/mol. The summed E-state index contributed by atoms with van der Waals surface area (Å²) in [5, 5.41) is 0.559. The van der Waals surface area contributed by atoms with Crippen LogP contribution < -0.4 is 4.90 Å². The summed E-state index contributed by atoms with van der Waals surface area (Å²) in [4.78, 5) is 2.35. The molecule has 0 spiro atoms. The Morgan fingerprint density at radius 3 is 3.11 bits per heavy atom. The number of alkyl halides is 1. The van der Waals surface area contributed by atoms with E-state index >= 15 is 0 Å². The van der Waals surface area contributed by atoms with Crippen LogP contribution in [-0.2, 0) is 10.1 Å². The van der Waals surface area contributed by atoms with Crippen LogP contribution in [0.25, 0.3) is 0 Å². The van der Waals surface area contributed by atoms with Crippen LogP contribution >= 0.6 is 15.9 Å². The van der Waals surface area contributed by atoms with Crippen LogP contribution in [0, 0.1) is 5.82 Å². The molecule has 1 aliphatic heterocycles. The molecule has 2 fully saturated rings. The number of hydrogen-bond donors (Lipinski definition) is 0. The molecule has 1 saturated carbocycles. The Morgan fingerprint density at radius 2 is 2.28 bits per heavy atom. The van der Waals surface area contributed by atoms with Crippen molar-refractivity contribution in [2.24, 2.45) is 0 Å². The summed E-state index contributed by atoms with van der Waals surface area (Å²) in [5.41, 5.74) is 1.80. The molecule has 2 unspecified atom stereocenters. The molecule has 2 aliphatic rings. The molecule has 1 saturated heterocycles. The highest BCUT2D eigenvalue weighted by Crippen LogP contribution is 2.35. The zero-order valence-electron chi connectivity index (χ0n) is 10.2. The monoisotopic (exact) mass is 313 g/mol. The first-order valence-electron chi connectivity index (χ1n) is 6.53. The topological polar surface area (TPSA) is 12.5 Å². The lowest BCUT2D eigenvalue weighted by molar-refractivity contribution is 0.0255. The molecule has 0 bridgehead atoms. The highest BCUT2D eigenvalue weighted by Gasteiger charge is 2.36. The van der Waals surface area contributed by atoms with Crippen molar-refractivity contribution in [3.8, 4) is 0 Å². The second-order valence-electron chi connectivity index (χ2n) is 4.97. The average Bonchev–Trinajstić information content (AvgIpc) is 2.86. The maximum Gasteiger partial charge on any atom is 0.129 e. The number of nitrogens with zero attached hydrogens (tertiary/aromatic N) is 1. The summed E-state index contributed by atoms with van der Waals surface area (Å²) in [6.45, 7) is 1.62. The van der Waals surface area contributed by atoms with Gasteiger partial charge in [0.25, 0.3) is 0 Å². The first-order chi connectivity index (χ1) is 8.81. The fourth-order valence-electron chi connectivity index (χ4n) is 3.17. The molecule has 18 heavy (non-hydrogen) atoms. The number of rotatable bonds is 2. The highest BCUT2D eigenvalue weighted by atomic mass is 79.9. The molecule has 2 nitrogen and oxygen atoms in total. The Hall–Kier alpha value is -0.610. The lowest BCUT2D eigenvalue weighted by Crippen LogP contribution is -2.49. The summed E-state index contributed by atoms with van der Waals surface area (Å²) >= 11 is 3.40. The van der Waals surface area contributed by atoms with Gasteiger partial charge in [-0.25, -0.2) is 4.39 Å². The van der Waals surface area contributed by atoms with Crippen molar-refractivity contribution in [3.63, 3.8) is 0 Å². The standard InChI is InChI=1S/C14H17BrFNO/c15-9-10-11(16)3-1-4-12(10)17-7-8-18-14-6-2-5-13(14)17/h1,3-4,13-14H,2,5-9H2. The van der Waals surface area contributed by atoms with Crippen LogP contribution in [-0.4, -0.2) is 25.3 Å². The fraction of sp³-hybridized carbons (Fsp3) is 0.571. The Balaban J connectivity index is 1.96. The molecular formula is C14H17BrFNO. The molecule has 98 valence electrons. The largest absolute Gasteiger partial charge is 0.374 e. The van der Waals surface area contributed by atoms with Crippen LogP contribution in [0.4, 0.5) is 10.1 Å². The van der Waals surface area contributed by atoms with Crippen LogP contribution in [0.1, 0.15) is 24.8 Å². The molecule has 0 N–H and O–H groups in total. The Kier molecular flexibility index (Phi) is 3.57. The lowest BCUT2D eigenvalue weighted by atomic mass is 10.1. The van der Waals surface area contributed by atoms with Gasteiger partial charge in [0.15, 0.2) is 0 Å². The van der Waals surface area contributed by atoms with Gasteiger partial charge in [-0.2, -0.15) is 0 Å². The van der Waals surface area contributed by atoms with Gasteiger partial charge >= 0.3 is 0 Å². The van der Waals surface area contributed by atoms with Crippen molar-refractivity contribution in [1.82, 2.24) is 0 Å². The number of fused-ring (bicyclic) bond motifs is 1. The number of ether oxygens (including phenoxy) is 1. The van der Waals surface area contributed by atoms with Crippen LogP contribution in [0.15, 0.2) is 18.2 Å².